The molecule has 0 aliphatic carbocycles. The maximum absolute atomic E-state index is 5.72. The minimum atomic E-state index is -1.81. The van der Waals surface area contributed by atoms with Gasteiger partial charge in [0.05, 0.1) is 10.4 Å². The summed E-state index contributed by atoms with van der Waals surface area (Å²) in [5.41, 5.74) is 0. The second-order valence-electron chi connectivity index (χ2n) is 3.21. The minimum absolute atomic E-state index is 0.775. The van der Waals surface area contributed by atoms with Crippen LogP contribution >= 0.6 is 0 Å². The highest BCUT2D eigenvalue weighted by Crippen LogP contribution is 2.15. The maximum atomic E-state index is 5.72. The molecule has 5 heteroatoms. The Balaban J connectivity index is 3.76. The van der Waals surface area contributed by atoms with Crippen molar-refractivity contribution in [3.63, 3.8) is 0 Å². The minimum Gasteiger partial charge on any atom is -0.395 e. The molecule has 0 saturated carbocycles. The lowest BCUT2D eigenvalue weighted by Crippen LogP contribution is -2.39. The highest BCUT2D eigenvalue weighted by atomic mass is 28.4. The molecule has 13 heavy (non-hydrogen) atoms. The van der Waals surface area contributed by atoms with Gasteiger partial charge in [0.2, 0.25) is 0 Å². The molecule has 0 heterocycles. The van der Waals surface area contributed by atoms with Crippen LogP contribution in [0.2, 0.25) is 12.6 Å². The first kappa shape index (κ1) is 13.3. The largest absolute Gasteiger partial charge is 0.395 e. The summed E-state index contributed by atoms with van der Waals surface area (Å²) < 4.78 is 11.4. The Kier molecular flexibility index (Phi) is 7.88. The zero-order valence-electron chi connectivity index (χ0n) is 9.35. The molecule has 0 fully saturated rings. The lowest BCUT2D eigenvalue weighted by Gasteiger charge is -2.25. The van der Waals surface area contributed by atoms with E-state index in [9.17, 15) is 0 Å². The predicted octanol–water partition coefficient (Wildman–Crippen LogP) is 0.391. The molecular formula is C8H23NO2Si2. The van der Waals surface area contributed by atoms with Crippen molar-refractivity contribution in [3.05, 3.63) is 0 Å². The molecule has 0 rings (SSSR count). The van der Waals surface area contributed by atoms with Crippen molar-refractivity contribution in [3.8, 4) is 0 Å². The van der Waals surface area contributed by atoms with E-state index in [1.165, 1.54) is 6.42 Å². The number of hydrogen-bond donors (Lipinski definition) is 1. The van der Waals surface area contributed by atoms with Crippen LogP contribution in [-0.4, -0.2) is 38.7 Å². The predicted molar refractivity (Wildman–Crippen MR) is 62.2 cm³/mol. The Labute approximate surface area is 85.9 Å². The van der Waals surface area contributed by atoms with Gasteiger partial charge in [0, 0.05) is 13.2 Å². The third-order valence-corrected chi connectivity index (χ3v) is 5.52. The molecule has 0 radical (unpaired) electrons. The smallest absolute Gasteiger partial charge is 0.334 e. The lowest BCUT2D eigenvalue weighted by atomic mass is 10.5. The van der Waals surface area contributed by atoms with E-state index in [-0.39, 0.29) is 0 Å². The summed E-state index contributed by atoms with van der Waals surface area (Å²) in [5.74, 6) is 0. The van der Waals surface area contributed by atoms with Gasteiger partial charge < -0.3 is 13.8 Å². The summed E-state index contributed by atoms with van der Waals surface area (Å²) in [6, 6.07) is 1.10. The molecule has 80 valence electrons. The molecule has 0 amide bonds. The first-order chi connectivity index (χ1) is 6.18. The fourth-order valence-electron chi connectivity index (χ4n) is 1.38. The zero-order chi connectivity index (χ0) is 10.2. The molecule has 1 N–H and O–H groups in total. The number of nitrogens with one attached hydrogen (secondary N) is 1. The second-order valence-corrected chi connectivity index (χ2v) is 7.26. The summed E-state index contributed by atoms with van der Waals surface area (Å²) in [6.45, 7) is 8.89. The normalized spacial score (nSPS) is 12.2. The molecule has 0 unspecified atom stereocenters. The van der Waals surface area contributed by atoms with Crippen molar-refractivity contribution in [2.45, 2.75) is 32.9 Å². The van der Waals surface area contributed by atoms with Crippen LogP contribution in [0.25, 0.3) is 0 Å². The van der Waals surface area contributed by atoms with Crippen LogP contribution in [0, 0.1) is 0 Å². The fraction of sp³-hybridized carbons (Fsp3) is 1.00. The second kappa shape index (κ2) is 7.69. The topological polar surface area (TPSA) is 30.5 Å². The third-order valence-electron chi connectivity index (χ3n) is 1.96. The van der Waals surface area contributed by atoms with Crippen molar-refractivity contribution in [1.82, 2.24) is 4.98 Å². The van der Waals surface area contributed by atoms with Crippen LogP contribution in [-0.2, 0) is 8.85 Å². The molecule has 0 atom stereocenters. The average molecular weight is 221 g/mol. The van der Waals surface area contributed by atoms with E-state index in [2.05, 4.69) is 11.5 Å². The number of hydrogen-bond acceptors (Lipinski definition) is 3. The number of rotatable bonds is 8. The highest BCUT2D eigenvalue weighted by Gasteiger charge is 2.29. The molecule has 0 saturated heterocycles. The van der Waals surface area contributed by atoms with E-state index in [0.29, 0.717) is 0 Å². The average Bonchev–Trinajstić information content (AvgIpc) is 2.05. The van der Waals surface area contributed by atoms with Gasteiger partial charge in [0.25, 0.3) is 0 Å². The summed E-state index contributed by atoms with van der Waals surface area (Å²) in [6.07, 6.45) is 1.17. The fourth-order valence-corrected chi connectivity index (χ4v) is 4.15. The molecule has 0 aromatic rings. The molecule has 3 nitrogen and oxygen atoms in total. The molecule has 0 spiro atoms. The van der Waals surface area contributed by atoms with Gasteiger partial charge >= 0.3 is 8.56 Å². The zero-order valence-corrected chi connectivity index (χ0v) is 12.4. The van der Waals surface area contributed by atoms with Crippen LogP contribution in [0.15, 0.2) is 0 Å². The Morgan fingerprint density at radius 3 is 2.15 bits per heavy atom. The third kappa shape index (κ3) is 6.39. The van der Waals surface area contributed by atoms with Crippen LogP contribution in [0.1, 0.15) is 20.3 Å². The Morgan fingerprint density at radius 1 is 1.23 bits per heavy atom. The monoisotopic (exact) mass is 221 g/mol. The summed E-state index contributed by atoms with van der Waals surface area (Å²) in [7, 11) is -0.732. The van der Waals surface area contributed by atoms with Crippen molar-refractivity contribution in [2.75, 3.05) is 19.8 Å². The van der Waals surface area contributed by atoms with Gasteiger partial charge in [-0.25, -0.2) is 0 Å². The highest BCUT2D eigenvalue weighted by molar-refractivity contribution is 6.66. The van der Waals surface area contributed by atoms with Gasteiger partial charge in [-0.05, 0) is 39.4 Å². The van der Waals surface area contributed by atoms with Gasteiger partial charge in [-0.3, -0.25) is 0 Å². The molecule has 0 aliphatic heterocycles. The lowest BCUT2D eigenvalue weighted by molar-refractivity contribution is 0.188. The van der Waals surface area contributed by atoms with Crippen LogP contribution in [0.4, 0.5) is 0 Å². The maximum Gasteiger partial charge on any atom is 0.334 e. The van der Waals surface area contributed by atoms with Crippen LogP contribution in [0.3, 0.4) is 0 Å². The molecule has 0 bridgehead atoms. The first-order valence-electron chi connectivity index (χ1n) is 5.11. The van der Waals surface area contributed by atoms with Crippen molar-refractivity contribution < 1.29 is 8.85 Å². The van der Waals surface area contributed by atoms with Crippen LogP contribution in [0.5, 0.6) is 0 Å². The van der Waals surface area contributed by atoms with Gasteiger partial charge in [-0.1, -0.05) is 0 Å². The van der Waals surface area contributed by atoms with Gasteiger partial charge in [0.15, 0.2) is 0 Å². The Hall–Kier alpha value is 0.314. The van der Waals surface area contributed by atoms with E-state index >= 15 is 0 Å². The van der Waals surface area contributed by atoms with E-state index in [1.807, 2.05) is 13.8 Å². The first-order valence-corrected chi connectivity index (χ1v) is 8.63. The van der Waals surface area contributed by atoms with E-state index in [4.69, 9.17) is 8.85 Å². The molecular weight excluding hydrogens is 198 g/mol. The standard InChI is InChI=1S/C8H23NO2Si2/c1-4-10-13(3,11-5-2)8-6-7-9-12/h9H,4-8H2,1-3,12H3. The molecule has 0 aromatic heterocycles. The quantitative estimate of drug-likeness (QED) is 0.475. The van der Waals surface area contributed by atoms with Gasteiger partial charge in [-0.2, -0.15) is 0 Å². The van der Waals surface area contributed by atoms with Crippen molar-refractivity contribution in [1.29, 1.82) is 0 Å². The van der Waals surface area contributed by atoms with Crippen LogP contribution < -0.4 is 4.98 Å². The summed E-state index contributed by atoms with van der Waals surface area (Å²) in [5, 5.41) is 0. The van der Waals surface area contributed by atoms with E-state index < -0.39 is 8.56 Å². The van der Waals surface area contributed by atoms with Crippen molar-refractivity contribution in [2.24, 2.45) is 0 Å². The SMILES string of the molecule is CCO[Si](C)(CCCN[SiH3])OCC. The van der Waals surface area contributed by atoms with Gasteiger partial charge in [-0.15, -0.1) is 0 Å². The van der Waals surface area contributed by atoms with E-state index in [1.54, 1.807) is 0 Å². The van der Waals surface area contributed by atoms with Gasteiger partial charge in [0.1, 0.15) is 0 Å². The van der Waals surface area contributed by atoms with E-state index in [0.717, 1.165) is 36.2 Å². The summed E-state index contributed by atoms with van der Waals surface area (Å²) in [4.78, 5) is 3.27. The molecule has 0 aliphatic rings. The molecule has 0 aromatic carbocycles. The Morgan fingerprint density at radius 2 is 1.77 bits per heavy atom. The Bertz CT molecular complexity index is 119. The summed E-state index contributed by atoms with van der Waals surface area (Å²) >= 11 is 0. The van der Waals surface area contributed by atoms with Crippen molar-refractivity contribution >= 4 is 19.0 Å².